The smallest absolute Gasteiger partial charge is 0.223 e. The predicted molar refractivity (Wildman–Crippen MR) is 80.6 cm³/mol. The minimum atomic E-state index is 0.206. The van der Waals surface area contributed by atoms with Crippen molar-refractivity contribution >= 4 is 5.91 Å². The van der Waals surface area contributed by atoms with Gasteiger partial charge in [0.2, 0.25) is 5.91 Å². The first-order chi connectivity index (χ1) is 9.75. The second-order valence-electron chi connectivity index (χ2n) is 6.24. The lowest BCUT2D eigenvalue weighted by molar-refractivity contribution is -0.122. The molecule has 3 rings (SSSR count). The molecule has 3 nitrogen and oxygen atoms in total. The highest BCUT2D eigenvalue weighted by atomic mass is 16.2. The van der Waals surface area contributed by atoms with Crippen molar-refractivity contribution in [3.05, 3.63) is 35.4 Å². The average Bonchev–Trinajstić information content (AvgIpc) is 3.07. The van der Waals surface area contributed by atoms with Crippen LogP contribution in [0.3, 0.4) is 0 Å². The minimum absolute atomic E-state index is 0.206. The van der Waals surface area contributed by atoms with Crippen LogP contribution in [-0.2, 0) is 4.79 Å². The van der Waals surface area contributed by atoms with Crippen LogP contribution in [0.25, 0.3) is 0 Å². The molecule has 108 valence electrons. The van der Waals surface area contributed by atoms with Crippen LogP contribution in [0.5, 0.6) is 0 Å². The zero-order chi connectivity index (χ0) is 13.9. The van der Waals surface area contributed by atoms with Gasteiger partial charge in [-0.2, -0.15) is 0 Å². The topological polar surface area (TPSA) is 41.1 Å². The molecule has 1 heterocycles. The van der Waals surface area contributed by atoms with Crippen LogP contribution in [0.15, 0.2) is 24.3 Å². The van der Waals surface area contributed by atoms with Crippen molar-refractivity contribution in [1.29, 1.82) is 0 Å². The number of benzene rings is 1. The molecule has 20 heavy (non-hydrogen) atoms. The fraction of sp³-hybridized carbons (Fsp3) is 0.588. The molecule has 2 N–H and O–H groups in total. The second-order valence-corrected chi connectivity index (χ2v) is 6.24. The van der Waals surface area contributed by atoms with Gasteiger partial charge in [-0.25, -0.2) is 0 Å². The van der Waals surface area contributed by atoms with E-state index in [-0.39, 0.29) is 11.8 Å². The van der Waals surface area contributed by atoms with Crippen LogP contribution in [-0.4, -0.2) is 25.5 Å². The molecule has 1 aliphatic carbocycles. The van der Waals surface area contributed by atoms with Gasteiger partial charge in [-0.3, -0.25) is 4.79 Å². The van der Waals surface area contributed by atoms with Crippen molar-refractivity contribution in [1.82, 2.24) is 10.6 Å². The van der Waals surface area contributed by atoms with Gasteiger partial charge >= 0.3 is 0 Å². The molecule has 1 aliphatic heterocycles. The summed E-state index contributed by atoms with van der Waals surface area (Å²) in [6, 6.07) is 8.43. The van der Waals surface area contributed by atoms with E-state index in [4.69, 9.17) is 0 Å². The van der Waals surface area contributed by atoms with Gasteiger partial charge in [-0.05, 0) is 62.2 Å². The van der Waals surface area contributed by atoms with E-state index in [2.05, 4.69) is 41.8 Å². The third kappa shape index (κ3) is 3.04. The van der Waals surface area contributed by atoms with Crippen LogP contribution in [0.1, 0.15) is 36.3 Å². The molecule has 0 aromatic heterocycles. The van der Waals surface area contributed by atoms with Crippen LogP contribution < -0.4 is 10.6 Å². The summed E-state index contributed by atoms with van der Waals surface area (Å²) in [5, 5.41) is 6.49. The van der Waals surface area contributed by atoms with Gasteiger partial charge in [0.1, 0.15) is 0 Å². The number of aryl methyl sites for hydroxylation is 1. The first kappa shape index (κ1) is 13.6. The highest BCUT2D eigenvalue weighted by Crippen LogP contribution is 2.48. The number of carbonyl (C=O) groups is 1. The SMILES string of the molecule is Cc1ccccc1C1CC1C(=O)NCCC1CCNC1. The molecule has 0 spiro atoms. The summed E-state index contributed by atoms with van der Waals surface area (Å²) in [4.78, 5) is 12.1. The summed E-state index contributed by atoms with van der Waals surface area (Å²) < 4.78 is 0. The maximum atomic E-state index is 12.1. The molecular weight excluding hydrogens is 248 g/mol. The van der Waals surface area contributed by atoms with E-state index in [9.17, 15) is 4.79 Å². The average molecular weight is 272 g/mol. The molecule has 3 atom stereocenters. The van der Waals surface area contributed by atoms with Gasteiger partial charge < -0.3 is 10.6 Å². The monoisotopic (exact) mass is 272 g/mol. The molecule has 3 unspecified atom stereocenters. The molecular formula is C17H24N2O. The third-order valence-electron chi connectivity index (χ3n) is 4.73. The van der Waals surface area contributed by atoms with Crippen LogP contribution in [0.4, 0.5) is 0 Å². The van der Waals surface area contributed by atoms with Gasteiger partial charge in [0.15, 0.2) is 0 Å². The highest BCUT2D eigenvalue weighted by molar-refractivity contribution is 5.83. The fourth-order valence-corrected chi connectivity index (χ4v) is 3.32. The Kier molecular flexibility index (Phi) is 4.06. The molecule has 2 fully saturated rings. The van der Waals surface area contributed by atoms with Gasteiger partial charge in [0, 0.05) is 12.5 Å². The number of hydrogen-bond donors (Lipinski definition) is 2. The Bertz CT molecular complexity index is 480. The number of carbonyl (C=O) groups excluding carboxylic acids is 1. The first-order valence-electron chi connectivity index (χ1n) is 7.79. The zero-order valence-electron chi connectivity index (χ0n) is 12.2. The fourth-order valence-electron chi connectivity index (χ4n) is 3.32. The van der Waals surface area contributed by atoms with Gasteiger partial charge in [-0.15, -0.1) is 0 Å². The van der Waals surface area contributed by atoms with E-state index in [0.29, 0.717) is 5.92 Å². The van der Waals surface area contributed by atoms with Gasteiger partial charge in [0.25, 0.3) is 0 Å². The van der Waals surface area contributed by atoms with E-state index >= 15 is 0 Å². The summed E-state index contributed by atoms with van der Waals surface area (Å²) in [7, 11) is 0. The first-order valence-corrected chi connectivity index (χ1v) is 7.79. The summed E-state index contributed by atoms with van der Waals surface area (Å²) in [6.07, 6.45) is 3.38. The predicted octanol–water partition coefficient (Wildman–Crippen LogP) is 2.21. The molecule has 0 bridgehead atoms. The molecule has 1 aromatic carbocycles. The van der Waals surface area contributed by atoms with Gasteiger partial charge in [-0.1, -0.05) is 24.3 Å². The summed E-state index contributed by atoms with van der Waals surface area (Å²) >= 11 is 0. The Morgan fingerprint density at radius 3 is 3.00 bits per heavy atom. The second kappa shape index (κ2) is 5.96. The van der Waals surface area contributed by atoms with Gasteiger partial charge in [0.05, 0.1) is 0 Å². The molecule has 1 aromatic rings. The van der Waals surface area contributed by atoms with Crippen LogP contribution >= 0.6 is 0 Å². The third-order valence-corrected chi connectivity index (χ3v) is 4.73. The Balaban J connectivity index is 1.44. The van der Waals surface area contributed by atoms with Crippen molar-refractivity contribution in [2.24, 2.45) is 11.8 Å². The van der Waals surface area contributed by atoms with E-state index in [1.54, 1.807) is 0 Å². The largest absolute Gasteiger partial charge is 0.356 e. The van der Waals surface area contributed by atoms with E-state index in [0.717, 1.165) is 38.4 Å². The minimum Gasteiger partial charge on any atom is -0.356 e. The molecule has 3 heteroatoms. The maximum Gasteiger partial charge on any atom is 0.223 e. The number of rotatable bonds is 5. The standard InChI is InChI=1S/C17H24N2O/c1-12-4-2-3-5-14(12)15-10-16(15)17(20)19-9-7-13-6-8-18-11-13/h2-5,13,15-16,18H,6-11H2,1H3,(H,19,20). The van der Waals surface area contributed by atoms with Crippen molar-refractivity contribution in [2.45, 2.75) is 32.1 Å². The molecule has 1 amide bonds. The number of nitrogens with one attached hydrogen (secondary N) is 2. The van der Waals surface area contributed by atoms with E-state index in [1.807, 2.05) is 0 Å². The lowest BCUT2D eigenvalue weighted by Gasteiger charge is -2.09. The van der Waals surface area contributed by atoms with E-state index < -0.39 is 0 Å². The van der Waals surface area contributed by atoms with Crippen molar-refractivity contribution in [3.63, 3.8) is 0 Å². The number of hydrogen-bond acceptors (Lipinski definition) is 2. The summed E-state index contributed by atoms with van der Waals surface area (Å²) in [6.45, 7) is 5.22. The Morgan fingerprint density at radius 1 is 1.40 bits per heavy atom. The maximum absolute atomic E-state index is 12.1. The normalized spacial score (nSPS) is 28.4. The zero-order valence-corrected chi connectivity index (χ0v) is 12.2. The Labute approximate surface area is 121 Å². The highest BCUT2D eigenvalue weighted by Gasteiger charge is 2.44. The van der Waals surface area contributed by atoms with Crippen LogP contribution in [0.2, 0.25) is 0 Å². The molecule has 1 saturated carbocycles. The summed E-state index contributed by atoms with van der Waals surface area (Å²) in [5.74, 6) is 1.66. The van der Waals surface area contributed by atoms with Crippen LogP contribution in [0, 0.1) is 18.8 Å². The van der Waals surface area contributed by atoms with Crippen molar-refractivity contribution in [3.8, 4) is 0 Å². The Hall–Kier alpha value is -1.35. The van der Waals surface area contributed by atoms with E-state index in [1.165, 1.54) is 17.5 Å². The summed E-state index contributed by atoms with van der Waals surface area (Å²) in [5.41, 5.74) is 2.66. The molecule has 1 saturated heterocycles. The number of amides is 1. The quantitative estimate of drug-likeness (QED) is 0.863. The van der Waals surface area contributed by atoms with Crippen molar-refractivity contribution in [2.75, 3.05) is 19.6 Å². The Morgan fingerprint density at radius 2 is 2.25 bits per heavy atom. The molecule has 0 radical (unpaired) electrons. The molecule has 2 aliphatic rings. The lowest BCUT2D eigenvalue weighted by atomic mass is 10.0. The lowest BCUT2D eigenvalue weighted by Crippen LogP contribution is -2.28. The van der Waals surface area contributed by atoms with Crippen molar-refractivity contribution < 1.29 is 4.79 Å².